The number of hydrogen-bond acceptors (Lipinski definition) is 5. The van der Waals surface area contributed by atoms with Gasteiger partial charge in [-0.3, -0.25) is 4.79 Å². The molecule has 1 atom stereocenters. The Morgan fingerprint density at radius 3 is 2.68 bits per heavy atom. The van der Waals surface area contributed by atoms with Crippen LogP contribution in [0.4, 0.5) is 5.69 Å². The first-order chi connectivity index (χ1) is 13.3. The first-order valence-electron chi connectivity index (χ1n) is 8.99. The number of amides is 1. The summed E-state index contributed by atoms with van der Waals surface area (Å²) >= 11 is 1.44. The number of sulfonamides is 1. The molecule has 2 N–H and O–H groups in total. The van der Waals surface area contributed by atoms with Crippen molar-refractivity contribution < 1.29 is 17.9 Å². The van der Waals surface area contributed by atoms with Crippen LogP contribution in [-0.2, 0) is 21.2 Å². The van der Waals surface area contributed by atoms with Crippen LogP contribution in [0, 0.1) is 0 Å². The Morgan fingerprint density at radius 2 is 2.00 bits per heavy atom. The van der Waals surface area contributed by atoms with Gasteiger partial charge in [-0.15, -0.1) is 11.8 Å². The van der Waals surface area contributed by atoms with Gasteiger partial charge in [-0.1, -0.05) is 6.07 Å². The van der Waals surface area contributed by atoms with Gasteiger partial charge in [-0.2, -0.15) is 0 Å². The summed E-state index contributed by atoms with van der Waals surface area (Å²) in [6.45, 7) is 1.40. The lowest BCUT2D eigenvalue weighted by atomic mass is 9.88. The zero-order chi connectivity index (χ0) is 20.3. The van der Waals surface area contributed by atoms with Gasteiger partial charge in [0.25, 0.3) is 0 Å². The summed E-state index contributed by atoms with van der Waals surface area (Å²) in [4.78, 5) is 12.4. The molecule has 0 spiro atoms. The second-order valence-electron chi connectivity index (χ2n) is 6.67. The Balaban J connectivity index is 1.90. The van der Waals surface area contributed by atoms with E-state index in [0.717, 1.165) is 41.0 Å². The lowest BCUT2D eigenvalue weighted by molar-refractivity contribution is -0.114. The van der Waals surface area contributed by atoms with Gasteiger partial charge in [-0.25, -0.2) is 13.1 Å². The molecular formula is C20H24N2O4S2. The number of ether oxygens (including phenoxy) is 1. The molecule has 2 aromatic rings. The fourth-order valence-electron chi connectivity index (χ4n) is 3.44. The molecule has 0 heterocycles. The predicted octanol–water partition coefficient (Wildman–Crippen LogP) is 3.73. The fraction of sp³-hybridized carbons (Fsp3) is 0.350. The Hall–Kier alpha value is -2.03. The molecule has 1 aliphatic carbocycles. The second kappa shape index (κ2) is 8.55. The highest BCUT2D eigenvalue weighted by molar-refractivity contribution is 7.98. The van der Waals surface area contributed by atoms with Crippen molar-refractivity contribution in [3.8, 4) is 5.75 Å². The molecule has 0 fully saturated rings. The molecule has 28 heavy (non-hydrogen) atoms. The van der Waals surface area contributed by atoms with E-state index in [1.807, 2.05) is 24.5 Å². The molecule has 150 valence electrons. The minimum atomic E-state index is -3.74. The van der Waals surface area contributed by atoms with Gasteiger partial charge in [0.05, 0.1) is 17.7 Å². The summed E-state index contributed by atoms with van der Waals surface area (Å²) < 4.78 is 34.1. The third-order valence-corrected chi connectivity index (χ3v) is 7.02. The maximum atomic E-state index is 13.0. The minimum Gasteiger partial charge on any atom is -0.497 e. The number of thioether (sulfide) groups is 1. The van der Waals surface area contributed by atoms with E-state index < -0.39 is 10.0 Å². The second-order valence-corrected chi connectivity index (χ2v) is 9.24. The molecule has 6 nitrogen and oxygen atoms in total. The van der Waals surface area contributed by atoms with Crippen LogP contribution in [0.5, 0.6) is 5.75 Å². The summed E-state index contributed by atoms with van der Waals surface area (Å²) in [7, 11) is -2.12. The normalized spacial score (nSPS) is 16.3. The van der Waals surface area contributed by atoms with Crippen molar-refractivity contribution >= 4 is 33.4 Å². The molecule has 8 heteroatoms. The summed E-state index contributed by atoms with van der Waals surface area (Å²) in [6.07, 6.45) is 4.41. The quantitative estimate of drug-likeness (QED) is 0.696. The highest BCUT2D eigenvalue weighted by atomic mass is 32.2. The van der Waals surface area contributed by atoms with E-state index in [1.54, 1.807) is 19.2 Å². The molecular weight excluding hydrogens is 396 g/mol. The monoisotopic (exact) mass is 420 g/mol. The number of nitrogens with one attached hydrogen (secondary N) is 2. The van der Waals surface area contributed by atoms with E-state index in [4.69, 9.17) is 4.74 Å². The average Bonchev–Trinajstić information content (AvgIpc) is 2.67. The van der Waals surface area contributed by atoms with Crippen molar-refractivity contribution in [2.75, 3.05) is 18.7 Å². The molecule has 0 radical (unpaired) electrons. The summed E-state index contributed by atoms with van der Waals surface area (Å²) in [5.41, 5.74) is 2.59. The largest absolute Gasteiger partial charge is 0.497 e. The highest BCUT2D eigenvalue weighted by Gasteiger charge is 2.26. The van der Waals surface area contributed by atoms with Crippen LogP contribution in [0.1, 0.15) is 36.9 Å². The summed E-state index contributed by atoms with van der Waals surface area (Å²) in [5.74, 6) is 0.530. The van der Waals surface area contributed by atoms with E-state index in [2.05, 4.69) is 10.0 Å². The zero-order valence-corrected chi connectivity index (χ0v) is 17.7. The summed E-state index contributed by atoms with van der Waals surface area (Å²) in [6, 6.07) is 10.3. The summed E-state index contributed by atoms with van der Waals surface area (Å²) in [5, 5.41) is 2.70. The number of methoxy groups -OCH3 is 1. The SMILES string of the molecule is COc1ccc2c(c1)CCC[C@H]2NS(=O)(=O)c1ccc(SC)c(NC(C)=O)c1. The van der Waals surface area contributed by atoms with E-state index in [0.29, 0.717) is 5.69 Å². The van der Waals surface area contributed by atoms with Gasteiger partial charge in [0, 0.05) is 17.9 Å². The van der Waals surface area contributed by atoms with Gasteiger partial charge in [0.2, 0.25) is 15.9 Å². The minimum absolute atomic E-state index is 0.134. The number of carbonyl (C=O) groups is 1. The Morgan fingerprint density at radius 1 is 1.21 bits per heavy atom. The first kappa shape index (κ1) is 20.7. The topological polar surface area (TPSA) is 84.5 Å². The average molecular weight is 421 g/mol. The molecule has 1 amide bonds. The molecule has 0 aliphatic heterocycles. The molecule has 3 rings (SSSR count). The van der Waals surface area contributed by atoms with Crippen LogP contribution in [0.3, 0.4) is 0 Å². The van der Waals surface area contributed by atoms with Gasteiger partial charge < -0.3 is 10.1 Å². The zero-order valence-electron chi connectivity index (χ0n) is 16.1. The van der Waals surface area contributed by atoms with Crippen molar-refractivity contribution in [2.24, 2.45) is 0 Å². The van der Waals surface area contributed by atoms with E-state index >= 15 is 0 Å². The number of benzene rings is 2. The van der Waals surface area contributed by atoms with Crippen molar-refractivity contribution in [2.45, 2.75) is 42.0 Å². The van der Waals surface area contributed by atoms with Crippen molar-refractivity contribution in [3.63, 3.8) is 0 Å². The maximum Gasteiger partial charge on any atom is 0.241 e. The predicted molar refractivity (Wildman–Crippen MR) is 112 cm³/mol. The maximum absolute atomic E-state index is 13.0. The Bertz CT molecular complexity index is 990. The number of hydrogen-bond donors (Lipinski definition) is 2. The highest BCUT2D eigenvalue weighted by Crippen LogP contribution is 2.34. The van der Waals surface area contributed by atoms with Crippen LogP contribution in [0.25, 0.3) is 0 Å². The number of carbonyl (C=O) groups excluding carboxylic acids is 1. The van der Waals surface area contributed by atoms with Crippen LogP contribution in [0.15, 0.2) is 46.2 Å². The molecule has 1 aliphatic rings. The first-order valence-corrected chi connectivity index (χ1v) is 11.7. The van der Waals surface area contributed by atoms with E-state index in [9.17, 15) is 13.2 Å². The number of aryl methyl sites for hydroxylation is 1. The number of rotatable bonds is 6. The fourth-order valence-corrected chi connectivity index (χ4v) is 5.25. The molecule has 0 saturated heterocycles. The smallest absolute Gasteiger partial charge is 0.241 e. The lowest BCUT2D eigenvalue weighted by Gasteiger charge is -2.26. The van der Waals surface area contributed by atoms with E-state index in [-0.39, 0.29) is 16.8 Å². The van der Waals surface area contributed by atoms with Crippen LogP contribution in [-0.4, -0.2) is 27.7 Å². The van der Waals surface area contributed by atoms with E-state index in [1.165, 1.54) is 24.8 Å². The standard InChI is InChI=1S/C20H24N2O4S2/c1-13(23)21-19-12-16(8-10-20(19)27-3)28(24,25)22-18-6-4-5-14-11-15(26-2)7-9-17(14)18/h7-12,18,22H,4-6H2,1-3H3,(H,21,23)/t18-/m1/s1. The Labute approximate surface area is 170 Å². The number of fused-ring (bicyclic) bond motifs is 1. The van der Waals surface area contributed by atoms with Crippen LogP contribution < -0.4 is 14.8 Å². The van der Waals surface area contributed by atoms with Crippen molar-refractivity contribution in [1.82, 2.24) is 4.72 Å². The van der Waals surface area contributed by atoms with Crippen molar-refractivity contribution in [3.05, 3.63) is 47.5 Å². The molecule has 0 saturated carbocycles. The van der Waals surface area contributed by atoms with Crippen molar-refractivity contribution in [1.29, 1.82) is 0 Å². The third kappa shape index (κ3) is 4.51. The Kier molecular flexibility index (Phi) is 6.32. The van der Waals surface area contributed by atoms with Crippen LogP contribution >= 0.6 is 11.8 Å². The van der Waals surface area contributed by atoms with Gasteiger partial charge in [-0.05, 0) is 67.0 Å². The number of anilines is 1. The molecule has 0 unspecified atom stereocenters. The van der Waals surface area contributed by atoms with Crippen LogP contribution in [0.2, 0.25) is 0 Å². The third-order valence-electron chi connectivity index (χ3n) is 4.75. The van der Waals surface area contributed by atoms with Gasteiger partial charge in [0.15, 0.2) is 0 Å². The van der Waals surface area contributed by atoms with Gasteiger partial charge in [0.1, 0.15) is 5.75 Å². The molecule has 2 aromatic carbocycles. The molecule has 0 bridgehead atoms. The molecule has 0 aromatic heterocycles. The van der Waals surface area contributed by atoms with Gasteiger partial charge >= 0.3 is 0 Å². The lowest BCUT2D eigenvalue weighted by Crippen LogP contribution is -2.31.